The Hall–Kier alpha value is -3.32. The molecule has 1 aromatic heterocycles. The lowest BCUT2D eigenvalue weighted by atomic mass is 10.2. The molecule has 0 saturated carbocycles. The zero-order chi connectivity index (χ0) is 18.5. The van der Waals surface area contributed by atoms with Gasteiger partial charge in [-0.05, 0) is 24.3 Å². The molecule has 2 aromatic carbocycles. The monoisotopic (exact) mass is 370 g/mol. The summed E-state index contributed by atoms with van der Waals surface area (Å²) in [6, 6.07) is 14.0. The quantitative estimate of drug-likeness (QED) is 0.532. The van der Waals surface area contributed by atoms with Crippen molar-refractivity contribution >= 4 is 23.5 Å². The molecule has 0 amide bonds. The summed E-state index contributed by atoms with van der Waals surface area (Å²) in [7, 11) is 1.46. The van der Waals surface area contributed by atoms with E-state index in [0.29, 0.717) is 17.0 Å². The van der Waals surface area contributed by atoms with Gasteiger partial charge in [0.1, 0.15) is 10.7 Å². The highest BCUT2D eigenvalue weighted by Gasteiger charge is 2.10. The van der Waals surface area contributed by atoms with Crippen molar-refractivity contribution in [2.75, 3.05) is 12.5 Å². The summed E-state index contributed by atoms with van der Waals surface area (Å²) in [6.45, 7) is 0. The number of benzene rings is 2. The number of hydrogen-bond acceptors (Lipinski definition) is 6. The zero-order valence-electron chi connectivity index (χ0n) is 13.8. The number of hydrazone groups is 1. The van der Waals surface area contributed by atoms with Crippen LogP contribution < -0.4 is 15.7 Å². The number of halogens is 1. The van der Waals surface area contributed by atoms with Crippen molar-refractivity contribution in [3.05, 3.63) is 75.7 Å². The molecule has 132 valence electrons. The molecule has 0 atom stereocenters. The fourth-order valence-electron chi connectivity index (χ4n) is 2.24. The van der Waals surface area contributed by atoms with Crippen molar-refractivity contribution in [2.24, 2.45) is 5.10 Å². The number of hydrogen-bond donors (Lipinski definition) is 2. The fourth-order valence-corrected chi connectivity index (χ4v) is 2.41. The minimum absolute atomic E-state index is 0.0377. The Labute approximate surface area is 154 Å². The summed E-state index contributed by atoms with van der Waals surface area (Å²) < 4.78 is 6.23. The van der Waals surface area contributed by atoms with Crippen LogP contribution in [0.25, 0.3) is 5.69 Å². The summed E-state index contributed by atoms with van der Waals surface area (Å²) in [5.41, 5.74) is 3.49. The van der Waals surface area contributed by atoms with Crippen molar-refractivity contribution in [2.45, 2.75) is 0 Å². The number of phenols is 1. The fraction of sp³-hybridized carbons (Fsp3) is 0.0556. The van der Waals surface area contributed by atoms with Crippen molar-refractivity contribution in [1.29, 1.82) is 0 Å². The summed E-state index contributed by atoms with van der Waals surface area (Å²) >= 11 is 6.13. The first-order valence-corrected chi connectivity index (χ1v) is 7.98. The number of anilines is 1. The molecule has 1 heterocycles. The van der Waals surface area contributed by atoms with Crippen LogP contribution in [-0.4, -0.2) is 28.2 Å². The van der Waals surface area contributed by atoms with Crippen LogP contribution in [0.1, 0.15) is 5.56 Å². The zero-order valence-corrected chi connectivity index (χ0v) is 14.5. The van der Waals surface area contributed by atoms with E-state index in [0.717, 1.165) is 0 Å². The van der Waals surface area contributed by atoms with E-state index in [9.17, 15) is 9.90 Å². The average molecular weight is 371 g/mol. The molecule has 3 aromatic rings. The highest BCUT2D eigenvalue weighted by molar-refractivity contribution is 6.32. The van der Waals surface area contributed by atoms with Crippen molar-refractivity contribution in [3.8, 4) is 17.2 Å². The number of nitrogens with zero attached hydrogens (tertiary/aromatic N) is 3. The highest BCUT2D eigenvalue weighted by Crippen LogP contribution is 2.28. The van der Waals surface area contributed by atoms with Gasteiger partial charge in [0.15, 0.2) is 11.5 Å². The molecule has 0 aliphatic heterocycles. The lowest BCUT2D eigenvalue weighted by Crippen LogP contribution is -2.22. The highest BCUT2D eigenvalue weighted by atomic mass is 35.5. The average Bonchev–Trinajstić information content (AvgIpc) is 2.67. The number of aromatic nitrogens is 2. The normalized spacial score (nSPS) is 10.8. The van der Waals surface area contributed by atoms with E-state index >= 15 is 0 Å². The molecule has 0 saturated heterocycles. The van der Waals surface area contributed by atoms with Crippen LogP contribution in [0.4, 0.5) is 5.69 Å². The second kappa shape index (κ2) is 7.71. The summed E-state index contributed by atoms with van der Waals surface area (Å²) in [6.07, 6.45) is 2.79. The molecular formula is C18H15ClN4O3. The smallest absolute Gasteiger partial charge is 0.292 e. The Morgan fingerprint density at radius 2 is 2.00 bits per heavy atom. The van der Waals surface area contributed by atoms with E-state index < -0.39 is 5.56 Å². The second-order valence-electron chi connectivity index (χ2n) is 5.19. The number of ether oxygens (including phenoxy) is 1. The van der Waals surface area contributed by atoms with Gasteiger partial charge in [0, 0.05) is 5.56 Å². The topological polar surface area (TPSA) is 88.7 Å². The standard InChI is InChI=1S/C18H15ClN4O3/c1-26-15-9-5-6-12(17(15)24)10-20-22-14-11-21-23(18(25)16(14)19)13-7-3-2-4-8-13/h2-11,22,24H,1H3. The maximum absolute atomic E-state index is 12.4. The van der Waals surface area contributed by atoms with Crippen LogP contribution in [0.2, 0.25) is 5.02 Å². The minimum Gasteiger partial charge on any atom is -0.504 e. The largest absolute Gasteiger partial charge is 0.504 e. The molecule has 8 heteroatoms. The third kappa shape index (κ3) is 3.52. The van der Waals surface area contributed by atoms with Crippen LogP contribution >= 0.6 is 11.6 Å². The lowest BCUT2D eigenvalue weighted by molar-refractivity contribution is 0.373. The number of aromatic hydroxyl groups is 1. The Bertz CT molecular complexity index is 1000. The predicted molar refractivity (Wildman–Crippen MR) is 101 cm³/mol. The SMILES string of the molecule is COc1cccc(C=NNc2cnn(-c3ccccc3)c(=O)c2Cl)c1O. The van der Waals surface area contributed by atoms with Gasteiger partial charge in [-0.2, -0.15) is 14.9 Å². The van der Waals surface area contributed by atoms with Gasteiger partial charge >= 0.3 is 0 Å². The van der Waals surface area contributed by atoms with Gasteiger partial charge in [0.2, 0.25) is 0 Å². The van der Waals surface area contributed by atoms with Crippen LogP contribution in [-0.2, 0) is 0 Å². The van der Waals surface area contributed by atoms with E-state index in [-0.39, 0.29) is 16.5 Å². The third-order valence-corrected chi connectivity index (χ3v) is 3.92. The van der Waals surface area contributed by atoms with Crippen molar-refractivity contribution in [3.63, 3.8) is 0 Å². The molecule has 0 aliphatic carbocycles. The molecule has 0 spiro atoms. The maximum Gasteiger partial charge on any atom is 0.292 e. The summed E-state index contributed by atoms with van der Waals surface area (Å²) in [5, 5.41) is 18.0. The van der Waals surface area contributed by atoms with E-state index in [2.05, 4.69) is 15.6 Å². The first-order valence-electron chi connectivity index (χ1n) is 7.60. The van der Waals surface area contributed by atoms with Crippen LogP contribution in [0, 0.1) is 0 Å². The van der Waals surface area contributed by atoms with Gasteiger partial charge < -0.3 is 9.84 Å². The van der Waals surface area contributed by atoms with Gasteiger partial charge in [0.05, 0.1) is 25.2 Å². The van der Waals surface area contributed by atoms with Gasteiger partial charge in [-0.15, -0.1) is 0 Å². The van der Waals surface area contributed by atoms with E-state index in [4.69, 9.17) is 16.3 Å². The maximum atomic E-state index is 12.4. The van der Waals surface area contributed by atoms with Crippen LogP contribution in [0.3, 0.4) is 0 Å². The van der Waals surface area contributed by atoms with E-state index in [1.165, 1.54) is 24.2 Å². The lowest BCUT2D eigenvalue weighted by Gasteiger charge is -2.08. The Morgan fingerprint density at radius 3 is 2.73 bits per heavy atom. The first-order chi connectivity index (χ1) is 12.6. The van der Waals surface area contributed by atoms with Gasteiger partial charge in [0.25, 0.3) is 5.56 Å². The number of rotatable bonds is 5. The number of methoxy groups -OCH3 is 1. The minimum atomic E-state index is -0.470. The summed E-state index contributed by atoms with van der Waals surface area (Å²) in [5.74, 6) is 0.295. The molecule has 0 fully saturated rings. The molecule has 0 unspecified atom stereocenters. The molecular weight excluding hydrogens is 356 g/mol. The van der Waals surface area contributed by atoms with Crippen molar-refractivity contribution < 1.29 is 9.84 Å². The van der Waals surface area contributed by atoms with Crippen LogP contribution in [0.5, 0.6) is 11.5 Å². The molecule has 0 bridgehead atoms. The molecule has 2 N–H and O–H groups in total. The van der Waals surface area contributed by atoms with Gasteiger partial charge in [-0.25, -0.2) is 0 Å². The molecule has 3 rings (SSSR count). The molecule has 26 heavy (non-hydrogen) atoms. The van der Waals surface area contributed by atoms with Gasteiger partial charge in [-0.1, -0.05) is 35.9 Å². The number of phenolic OH excluding ortho intramolecular Hbond substituents is 1. The molecule has 7 nitrogen and oxygen atoms in total. The number of nitrogens with one attached hydrogen (secondary N) is 1. The summed E-state index contributed by atoms with van der Waals surface area (Å²) in [4.78, 5) is 12.4. The van der Waals surface area contributed by atoms with Crippen LogP contribution in [0.15, 0.2) is 64.6 Å². The van der Waals surface area contributed by atoms with Crippen molar-refractivity contribution in [1.82, 2.24) is 9.78 Å². The molecule has 0 radical (unpaired) electrons. The Kier molecular flexibility index (Phi) is 5.19. The first kappa shape index (κ1) is 17.5. The molecule has 0 aliphatic rings. The Balaban J connectivity index is 1.83. The van der Waals surface area contributed by atoms with E-state index in [1.54, 1.807) is 42.5 Å². The van der Waals surface area contributed by atoms with Gasteiger partial charge in [-0.3, -0.25) is 10.2 Å². The predicted octanol–water partition coefficient (Wildman–Crippen LogP) is 3.05. The van der Waals surface area contributed by atoms with E-state index in [1.807, 2.05) is 6.07 Å². The number of para-hydroxylation sites is 2. The third-order valence-electron chi connectivity index (χ3n) is 3.56. The second-order valence-corrected chi connectivity index (χ2v) is 5.57. The Morgan fingerprint density at radius 1 is 1.23 bits per heavy atom.